The highest BCUT2D eigenvalue weighted by Crippen LogP contribution is 2.32. The van der Waals surface area contributed by atoms with Crippen LogP contribution in [0.5, 0.6) is 0 Å². The average molecular weight is 335 g/mol. The van der Waals surface area contributed by atoms with Crippen LogP contribution in [0.25, 0.3) is 11.3 Å². The number of likely N-dealkylation sites (tertiary alicyclic amines) is 1. The Morgan fingerprint density at radius 1 is 1.43 bits per heavy atom. The van der Waals surface area contributed by atoms with Gasteiger partial charge in [-0.3, -0.25) is 9.69 Å². The van der Waals surface area contributed by atoms with E-state index in [-0.39, 0.29) is 0 Å². The number of carboxylic acid groups (broad SMARTS) is 1. The zero-order chi connectivity index (χ0) is 16.6. The molecule has 0 bridgehead atoms. The van der Waals surface area contributed by atoms with E-state index in [0.29, 0.717) is 30.4 Å². The van der Waals surface area contributed by atoms with Crippen LogP contribution in [0.1, 0.15) is 24.9 Å². The third kappa shape index (κ3) is 3.26. The Morgan fingerprint density at radius 3 is 2.74 bits per heavy atom. The van der Waals surface area contributed by atoms with Crippen molar-refractivity contribution >= 4 is 17.6 Å². The SMILES string of the molecule is Cc1nc(CN2CCC(C)(C(=O)O)C2)oc1-c1ccc(Cl)cc1. The van der Waals surface area contributed by atoms with Crippen LogP contribution in [-0.4, -0.2) is 34.0 Å². The number of rotatable bonds is 4. The second kappa shape index (κ2) is 5.98. The summed E-state index contributed by atoms with van der Waals surface area (Å²) in [5.74, 6) is 0.601. The van der Waals surface area contributed by atoms with Crippen molar-refractivity contribution in [3.8, 4) is 11.3 Å². The van der Waals surface area contributed by atoms with Gasteiger partial charge in [0, 0.05) is 17.1 Å². The van der Waals surface area contributed by atoms with Gasteiger partial charge in [0.15, 0.2) is 5.76 Å². The Hall–Kier alpha value is -1.85. The van der Waals surface area contributed by atoms with E-state index in [4.69, 9.17) is 16.0 Å². The van der Waals surface area contributed by atoms with E-state index >= 15 is 0 Å². The van der Waals surface area contributed by atoms with Gasteiger partial charge in [-0.05, 0) is 51.1 Å². The van der Waals surface area contributed by atoms with E-state index in [0.717, 1.165) is 23.6 Å². The summed E-state index contributed by atoms with van der Waals surface area (Å²) in [6.45, 7) is 5.47. The summed E-state index contributed by atoms with van der Waals surface area (Å²) in [5.41, 5.74) is 1.07. The molecule has 0 amide bonds. The number of aliphatic carboxylic acids is 1. The molecule has 1 aliphatic rings. The molecule has 5 nitrogen and oxygen atoms in total. The van der Waals surface area contributed by atoms with Gasteiger partial charge in [0.25, 0.3) is 0 Å². The summed E-state index contributed by atoms with van der Waals surface area (Å²) in [6.07, 6.45) is 0.645. The molecule has 0 aliphatic carbocycles. The molecule has 1 unspecified atom stereocenters. The molecule has 0 radical (unpaired) electrons. The van der Waals surface area contributed by atoms with Crippen LogP contribution in [0.2, 0.25) is 5.02 Å². The fourth-order valence-corrected chi connectivity index (χ4v) is 3.07. The van der Waals surface area contributed by atoms with Crippen molar-refractivity contribution in [3.63, 3.8) is 0 Å². The number of hydrogen-bond donors (Lipinski definition) is 1. The van der Waals surface area contributed by atoms with Crippen molar-refractivity contribution in [1.82, 2.24) is 9.88 Å². The molecule has 1 saturated heterocycles. The Morgan fingerprint density at radius 2 is 2.13 bits per heavy atom. The predicted molar refractivity (Wildman–Crippen MR) is 87.3 cm³/mol. The molecule has 1 aromatic heterocycles. The maximum absolute atomic E-state index is 11.3. The van der Waals surface area contributed by atoms with Crippen molar-refractivity contribution in [2.24, 2.45) is 5.41 Å². The fourth-order valence-electron chi connectivity index (χ4n) is 2.95. The molecular weight excluding hydrogens is 316 g/mol. The third-order valence-electron chi connectivity index (χ3n) is 4.37. The van der Waals surface area contributed by atoms with E-state index < -0.39 is 11.4 Å². The highest BCUT2D eigenvalue weighted by atomic mass is 35.5. The first-order valence-corrected chi connectivity index (χ1v) is 7.93. The first-order valence-electron chi connectivity index (χ1n) is 7.55. The molecule has 1 N–H and O–H groups in total. The van der Waals surface area contributed by atoms with Gasteiger partial charge in [-0.1, -0.05) is 11.6 Å². The van der Waals surface area contributed by atoms with E-state index in [1.54, 1.807) is 6.92 Å². The fraction of sp³-hybridized carbons (Fsp3) is 0.412. The van der Waals surface area contributed by atoms with Gasteiger partial charge in [0.2, 0.25) is 5.89 Å². The number of carbonyl (C=O) groups is 1. The maximum atomic E-state index is 11.3. The van der Waals surface area contributed by atoms with Crippen molar-refractivity contribution < 1.29 is 14.3 Å². The summed E-state index contributed by atoms with van der Waals surface area (Å²) in [4.78, 5) is 17.9. The topological polar surface area (TPSA) is 66.6 Å². The lowest BCUT2D eigenvalue weighted by atomic mass is 9.90. The minimum Gasteiger partial charge on any atom is -0.481 e. The van der Waals surface area contributed by atoms with E-state index in [2.05, 4.69) is 9.88 Å². The number of aromatic nitrogens is 1. The van der Waals surface area contributed by atoms with Gasteiger partial charge in [-0.25, -0.2) is 4.98 Å². The summed E-state index contributed by atoms with van der Waals surface area (Å²) in [7, 11) is 0. The number of benzene rings is 1. The largest absolute Gasteiger partial charge is 0.481 e. The standard InChI is InChI=1S/C17H19ClN2O3/c1-11-15(12-3-5-13(18)6-4-12)23-14(19-11)9-20-8-7-17(2,10-20)16(21)22/h3-6H,7-10H2,1-2H3,(H,21,22). The zero-order valence-corrected chi connectivity index (χ0v) is 13.9. The first kappa shape index (κ1) is 16.0. The molecule has 122 valence electrons. The molecule has 3 rings (SSSR count). The van der Waals surface area contributed by atoms with E-state index in [1.165, 1.54) is 0 Å². The summed E-state index contributed by atoms with van der Waals surface area (Å²) in [5, 5.41) is 9.98. The highest BCUT2D eigenvalue weighted by Gasteiger charge is 2.40. The molecule has 0 saturated carbocycles. The number of carboxylic acids is 1. The minimum atomic E-state index is -0.745. The maximum Gasteiger partial charge on any atom is 0.310 e. The third-order valence-corrected chi connectivity index (χ3v) is 4.63. The molecule has 6 heteroatoms. The van der Waals surface area contributed by atoms with Gasteiger partial charge in [0.05, 0.1) is 17.7 Å². The van der Waals surface area contributed by atoms with Crippen LogP contribution < -0.4 is 0 Å². The normalized spacial score (nSPS) is 21.7. The summed E-state index contributed by atoms with van der Waals surface area (Å²) >= 11 is 5.91. The van der Waals surface area contributed by atoms with Crippen LogP contribution in [0, 0.1) is 12.3 Å². The van der Waals surface area contributed by atoms with E-state index in [9.17, 15) is 9.90 Å². The van der Waals surface area contributed by atoms with E-state index in [1.807, 2.05) is 31.2 Å². The van der Waals surface area contributed by atoms with Gasteiger partial charge in [0.1, 0.15) is 0 Å². The summed E-state index contributed by atoms with van der Waals surface area (Å²) < 4.78 is 5.89. The Bertz CT molecular complexity index is 726. The van der Waals surface area contributed by atoms with Crippen molar-refractivity contribution in [1.29, 1.82) is 0 Å². The minimum absolute atomic E-state index is 0.514. The molecule has 1 atom stereocenters. The molecule has 1 aromatic carbocycles. The Labute approximate surface area is 139 Å². The van der Waals surface area contributed by atoms with Crippen LogP contribution in [0.15, 0.2) is 28.7 Å². The lowest BCUT2D eigenvalue weighted by Gasteiger charge is -2.18. The molecule has 2 aromatic rings. The first-order chi connectivity index (χ1) is 10.9. The second-order valence-corrected chi connectivity index (χ2v) is 6.79. The van der Waals surface area contributed by atoms with Crippen molar-refractivity contribution in [2.45, 2.75) is 26.8 Å². The molecule has 1 fully saturated rings. The zero-order valence-electron chi connectivity index (χ0n) is 13.2. The van der Waals surface area contributed by atoms with Crippen LogP contribution >= 0.6 is 11.6 Å². The number of aryl methyl sites for hydroxylation is 1. The number of nitrogens with zero attached hydrogens (tertiary/aromatic N) is 2. The second-order valence-electron chi connectivity index (χ2n) is 6.36. The quantitative estimate of drug-likeness (QED) is 0.925. The predicted octanol–water partition coefficient (Wildman–Crippen LogP) is 3.60. The average Bonchev–Trinajstić information content (AvgIpc) is 3.05. The van der Waals surface area contributed by atoms with Crippen LogP contribution in [0.4, 0.5) is 0 Å². The van der Waals surface area contributed by atoms with Crippen LogP contribution in [-0.2, 0) is 11.3 Å². The van der Waals surface area contributed by atoms with Gasteiger partial charge in [-0.15, -0.1) is 0 Å². The lowest BCUT2D eigenvalue weighted by Crippen LogP contribution is -2.31. The molecule has 0 spiro atoms. The number of halogens is 1. The van der Waals surface area contributed by atoms with Gasteiger partial charge in [-0.2, -0.15) is 0 Å². The molecule has 2 heterocycles. The smallest absolute Gasteiger partial charge is 0.310 e. The summed E-state index contributed by atoms with van der Waals surface area (Å²) in [6, 6.07) is 7.43. The van der Waals surface area contributed by atoms with Gasteiger partial charge >= 0.3 is 5.97 Å². The van der Waals surface area contributed by atoms with Crippen molar-refractivity contribution in [3.05, 3.63) is 40.9 Å². The van der Waals surface area contributed by atoms with Gasteiger partial charge < -0.3 is 9.52 Å². The lowest BCUT2D eigenvalue weighted by molar-refractivity contribution is -0.147. The van der Waals surface area contributed by atoms with Crippen LogP contribution in [0.3, 0.4) is 0 Å². The van der Waals surface area contributed by atoms with Crippen molar-refractivity contribution in [2.75, 3.05) is 13.1 Å². The Balaban J connectivity index is 1.75. The molecule has 23 heavy (non-hydrogen) atoms. The molecule has 1 aliphatic heterocycles. The number of oxazole rings is 1. The monoisotopic (exact) mass is 334 g/mol. The Kier molecular flexibility index (Phi) is 4.17. The molecular formula is C17H19ClN2O3. The number of hydrogen-bond acceptors (Lipinski definition) is 4. The highest BCUT2D eigenvalue weighted by molar-refractivity contribution is 6.30.